The summed E-state index contributed by atoms with van der Waals surface area (Å²) in [5.41, 5.74) is 2.24. The van der Waals surface area contributed by atoms with Gasteiger partial charge in [-0.25, -0.2) is 0 Å². The summed E-state index contributed by atoms with van der Waals surface area (Å²) < 4.78 is 0. The molecule has 1 aliphatic heterocycles. The molecule has 2 rings (SSSR count). The monoisotopic (exact) mass is 231 g/mol. The van der Waals surface area contributed by atoms with Crippen molar-refractivity contribution in [1.82, 2.24) is 4.90 Å². The number of amides is 1. The number of β-lactam (4-membered cyclic amide) rings is 1. The predicted octanol–water partition coefficient (Wildman–Crippen LogP) is 2.79. The van der Waals surface area contributed by atoms with E-state index in [9.17, 15) is 4.79 Å². The molecule has 1 amide bonds. The van der Waals surface area contributed by atoms with Gasteiger partial charge >= 0.3 is 0 Å². The number of carbonyl (C=O) groups is 1. The lowest BCUT2D eigenvalue weighted by molar-refractivity contribution is -0.180. The number of benzene rings is 1. The number of likely N-dealkylation sites (N-methyl/N-ethyl adjacent to an activating group) is 1. The molecule has 0 radical (unpaired) electrons. The second-order valence-electron chi connectivity index (χ2n) is 5.93. The summed E-state index contributed by atoms with van der Waals surface area (Å²) in [4.78, 5) is 13.8. The van der Waals surface area contributed by atoms with Crippen molar-refractivity contribution in [2.75, 3.05) is 7.05 Å². The van der Waals surface area contributed by atoms with E-state index in [0.29, 0.717) is 0 Å². The molecule has 1 aromatic rings. The van der Waals surface area contributed by atoms with Crippen molar-refractivity contribution in [2.24, 2.45) is 5.41 Å². The van der Waals surface area contributed by atoms with Crippen LogP contribution in [-0.4, -0.2) is 23.4 Å². The Morgan fingerprint density at radius 1 is 1.12 bits per heavy atom. The highest BCUT2D eigenvalue weighted by Crippen LogP contribution is 2.48. The third-order valence-corrected chi connectivity index (χ3v) is 4.59. The van der Waals surface area contributed by atoms with Crippen LogP contribution in [0.4, 0.5) is 0 Å². The largest absolute Gasteiger partial charge is 0.338 e. The van der Waals surface area contributed by atoms with E-state index in [1.165, 1.54) is 11.1 Å². The van der Waals surface area contributed by atoms with Crippen LogP contribution in [0.3, 0.4) is 0 Å². The molecule has 1 unspecified atom stereocenters. The first-order valence-electron chi connectivity index (χ1n) is 6.13. The fourth-order valence-corrected chi connectivity index (χ4v) is 2.68. The number of carbonyl (C=O) groups excluding carboxylic acids is 1. The summed E-state index contributed by atoms with van der Waals surface area (Å²) in [7, 11) is 1.90. The molecule has 1 fully saturated rings. The minimum atomic E-state index is -0.257. The van der Waals surface area contributed by atoms with Crippen molar-refractivity contribution >= 4 is 5.91 Å². The van der Waals surface area contributed by atoms with E-state index in [1.54, 1.807) is 0 Å². The zero-order valence-electron chi connectivity index (χ0n) is 11.4. The van der Waals surface area contributed by atoms with E-state index in [0.717, 1.165) is 6.42 Å². The molecule has 1 aliphatic rings. The van der Waals surface area contributed by atoms with Crippen LogP contribution in [0, 0.1) is 12.3 Å². The van der Waals surface area contributed by atoms with E-state index >= 15 is 0 Å². The van der Waals surface area contributed by atoms with E-state index in [-0.39, 0.29) is 16.9 Å². The first-order chi connectivity index (χ1) is 7.79. The molecule has 2 heteroatoms. The lowest BCUT2D eigenvalue weighted by Crippen LogP contribution is -2.73. The Kier molecular flexibility index (Phi) is 2.57. The van der Waals surface area contributed by atoms with Crippen molar-refractivity contribution in [2.45, 2.75) is 39.7 Å². The van der Waals surface area contributed by atoms with Crippen LogP contribution in [-0.2, 0) is 11.2 Å². The van der Waals surface area contributed by atoms with Gasteiger partial charge in [-0.05, 0) is 39.7 Å². The van der Waals surface area contributed by atoms with Crippen LogP contribution in [0.1, 0.15) is 31.9 Å². The quantitative estimate of drug-likeness (QED) is 0.717. The third-order valence-electron chi connectivity index (χ3n) is 4.59. The van der Waals surface area contributed by atoms with Gasteiger partial charge in [-0.2, -0.15) is 0 Å². The van der Waals surface area contributed by atoms with Gasteiger partial charge < -0.3 is 4.90 Å². The molecular formula is C15H21NO. The molecule has 1 aromatic carbocycles. The van der Waals surface area contributed by atoms with Gasteiger partial charge in [0.25, 0.3) is 0 Å². The van der Waals surface area contributed by atoms with Crippen LogP contribution in [0.15, 0.2) is 24.3 Å². The number of rotatable bonds is 2. The Bertz CT molecular complexity index is 446. The fraction of sp³-hybridized carbons (Fsp3) is 0.533. The molecule has 2 nitrogen and oxygen atoms in total. The van der Waals surface area contributed by atoms with Crippen LogP contribution >= 0.6 is 0 Å². The molecule has 1 saturated heterocycles. The zero-order valence-corrected chi connectivity index (χ0v) is 11.4. The Hall–Kier alpha value is -1.31. The standard InChI is InChI=1S/C15H21NO/c1-11-6-8-12(9-7-11)10-15(4)14(2,3)13(17)16(15)5/h6-9H,10H2,1-5H3. The maximum Gasteiger partial charge on any atom is 0.230 e. The summed E-state index contributed by atoms with van der Waals surface area (Å²) in [6.07, 6.45) is 0.919. The van der Waals surface area contributed by atoms with Gasteiger partial charge in [0.1, 0.15) is 0 Å². The van der Waals surface area contributed by atoms with Crippen molar-refractivity contribution in [3.05, 3.63) is 35.4 Å². The molecule has 0 aliphatic carbocycles. The summed E-state index contributed by atoms with van der Waals surface area (Å²) in [6.45, 7) is 8.36. The molecule has 0 spiro atoms. The van der Waals surface area contributed by atoms with Crippen molar-refractivity contribution < 1.29 is 4.79 Å². The average Bonchev–Trinajstić information content (AvgIpc) is 2.29. The van der Waals surface area contributed by atoms with Gasteiger partial charge in [0.15, 0.2) is 0 Å². The van der Waals surface area contributed by atoms with Gasteiger partial charge in [-0.15, -0.1) is 0 Å². The lowest BCUT2D eigenvalue weighted by Gasteiger charge is -2.60. The fourth-order valence-electron chi connectivity index (χ4n) is 2.68. The lowest BCUT2D eigenvalue weighted by atomic mass is 9.61. The van der Waals surface area contributed by atoms with E-state index in [1.807, 2.05) is 25.8 Å². The minimum Gasteiger partial charge on any atom is -0.338 e. The molecular weight excluding hydrogens is 210 g/mol. The summed E-state index contributed by atoms with van der Waals surface area (Å²) in [5.74, 6) is 0.243. The second kappa shape index (κ2) is 3.59. The summed E-state index contributed by atoms with van der Waals surface area (Å²) in [6, 6.07) is 8.58. The van der Waals surface area contributed by atoms with Gasteiger partial charge in [0.2, 0.25) is 5.91 Å². The summed E-state index contributed by atoms with van der Waals surface area (Å²) in [5, 5.41) is 0. The number of hydrogen-bond donors (Lipinski definition) is 0. The van der Waals surface area contributed by atoms with Crippen LogP contribution < -0.4 is 0 Å². The molecule has 1 atom stereocenters. The predicted molar refractivity (Wildman–Crippen MR) is 69.8 cm³/mol. The zero-order chi connectivity index (χ0) is 12.8. The Balaban J connectivity index is 2.24. The van der Waals surface area contributed by atoms with E-state index in [4.69, 9.17) is 0 Å². The molecule has 0 aromatic heterocycles. The first-order valence-corrected chi connectivity index (χ1v) is 6.13. The maximum absolute atomic E-state index is 11.9. The van der Waals surface area contributed by atoms with Crippen LogP contribution in [0.2, 0.25) is 0 Å². The first kappa shape index (κ1) is 12.2. The van der Waals surface area contributed by atoms with Crippen LogP contribution in [0.5, 0.6) is 0 Å². The number of hydrogen-bond acceptors (Lipinski definition) is 1. The molecule has 0 bridgehead atoms. The van der Waals surface area contributed by atoms with Crippen molar-refractivity contribution in [3.63, 3.8) is 0 Å². The SMILES string of the molecule is Cc1ccc(CC2(C)N(C)C(=O)C2(C)C)cc1. The molecule has 0 N–H and O–H groups in total. The maximum atomic E-state index is 11.9. The van der Waals surface area contributed by atoms with Gasteiger partial charge in [0.05, 0.1) is 11.0 Å². The Morgan fingerprint density at radius 3 is 2.12 bits per heavy atom. The van der Waals surface area contributed by atoms with Gasteiger partial charge in [-0.1, -0.05) is 29.8 Å². The van der Waals surface area contributed by atoms with Gasteiger partial charge in [-0.3, -0.25) is 4.79 Å². The summed E-state index contributed by atoms with van der Waals surface area (Å²) >= 11 is 0. The second-order valence-corrected chi connectivity index (χ2v) is 5.93. The normalized spacial score (nSPS) is 26.9. The molecule has 1 heterocycles. The molecule has 92 valence electrons. The third kappa shape index (κ3) is 1.58. The highest BCUT2D eigenvalue weighted by atomic mass is 16.2. The topological polar surface area (TPSA) is 20.3 Å². The van der Waals surface area contributed by atoms with Crippen LogP contribution in [0.25, 0.3) is 0 Å². The number of likely N-dealkylation sites (tertiary alicyclic amines) is 1. The Morgan fingerprint density at radius 2 is 1.65 bits per heavy atom. The smallest absolute Gasteiger partial charge is 0.230 e. The highest BCUT2D eigenvalue weighted by Gasteiger charge is 2.60. The van der Waals surface area contributed by atoms with Crippen molar-refractivity contribution in [3.8, 4) is 0 Å². The molecule has 0 saturated carbocycles. The average molecular weight is 231 g/mol. The van der Waals surface area contributed by atoms with E-state index in [2.05, 4.69) is 38.1 Å². The molecule has 17 heavy (non-hydrogen) atoms. The number of aryl methyl sites for hydroxylation is 1. The Labute approximate surface area is 104 Å². The number of nitrogens with zero attached hydrogens (tertiary/aromatic N) is 1. The van der Waals surface area contributed by atoms with Crippen molar-refractivity contribution in [1.29, 1.82) is 0 Å². The highest BCUT2D eigenvalue weighted by molar-refractivity contribution is 5.91. The van der Waals surface area contributed by atoms with E-state index < -0.39 is 0 Å². The van der Waals surface area contributed by atoms with Gasteiger partial charge in [0, 0.05) is 7.05 Å². The minimum absolute atomic E-state index is 0.0701.